The summed E-state index contributed by atoms with van der Waals surface area (Å²) < 4.78 is 6.00. The van der Waals surface area contributed by atoms with Crippen LogP contribution in [0.3, 0.4) is 0 Å². The van der Waals surface area contributed by atoms with Crippen molar-refractivity contribution in [3.8, 4) is 5.75 Å². The number of nitrogens with one attached hydrogen (secondary N) is 1. The molecule has 28 heavy (non-hydrogen) atoms. The number of hydrogen-bond acceptors (Lipinski definition) is 3. The monoisotopic (exact) mass is 400 g/mol. The van der Waals surface area contributed by atoms with E-state index in [1.54, 1.807) is 0 Å². The molecule has 4 rings (SSSR count). The predicted molar refractivity (Wildman–Crippen MR) is 119 cm³/mol. The minimum Gasteiger partial charge on any atom is -0.492 e. The molecule has 152 valence electrons. The zero-order valence-corrected chi connectivity index (χ0v) is 17.7. The summed E-state index contributed by atoms with van der Waals surface area (Å²) in [5.74, 6) is 1.58. The number of halogens is 1. The molecule has 2 aliphatic rings. The molecule has 2 unspecified atom stereocenters. The molecule has 1 saturated heterocycles. The fourth-order valence-corrected chi connectivity index (χ4v) is 4.84. The minimum atomic E-state index is 0. The van der Waals surface area contributed by atoms with E-state index in [-0.39, 0.29) is 12.4 Å². The summed E-state index contributed by atoms with van der Waals surface area (Å²) in [6.45, 7) is 4.13. The van der Waals surface area contributed by atoms with Gasteiger partial charge in [-0.05, 0) is 81.1 Å². The maximum Gasteiger partial charge on any atom is 0.119 e. The lowest BCUT2D eigenvalue weighted by Crippen LogP contribution is -2.41. The minimum absolute atomic E-state index is 0. The van der Waals surface area contributed by atoms with Crippen LogP contribution >= 0.6 is 12.4 Å². The van der Waals surface area contributed by atoms with Gasteiger partial charge >= 0.3 is 0 Å². The Morgan fingerprint density at radius 1 is 1.07 bits per heavy atom. The molecule has 0 saturated carbocycles. The molecular formula is C24H33ClN2O. The third-order valence-electron chi connectivity index (χ3n) is 6.22. The first-order valence-corrected chi connectivity index (χ1v) is 10.5. The second-order valence-electron chi connectivity index (χ2n) is 7.96. The fourth-order valence-electron chi connectivity index (χ4n) is 4.84. The van der Waals surface area contributed by atoms with Gasteiger partial charge in [0.25, 0.3) is 0 Å². The maximum absolute atomic E-state index is 6.00. The summed E-state index contributed by atoms with van der Waals surface area (Å²) >= 11 is 0. The molecule has 0 aromatic heterocycles. The number of likely N-dealkylation sites (tertiary alicyclic amines) is 1. The second-order valence-corrected chi connectivity index (χ2v) is 7.96. The highest BCUT2D eigenvalue weighted by atomic mass is 35.5. The summed E-state index contributed by atoms with van der Waals surface area (Å²) in [6, 6.07) is 18.5. The summed E-state index contributed by atoms with van der Waals surface area (Å²) in [4.78, 5) is 2.76. The van der Waals surface area contributed by atoms with Gasteiger partial charge in [-0.25, -0.2) is 0 Å². The van der Waals surface area contributed by atoms with E-state index in [9.17, 15) is 0 Å². The van der Waals surface area contributed by atoms with Crippen LogP contribution in [0.15, 0.2) is 48.5 Å². The summed E-state index contributed by atoms with van der Waals surface area (Å²) in [5, 5.41) is 3.15. The number of likely N-dealkylation sites (N-methyl/N-ethyl adjacent to an activating group) is 1. The Hall–Kier alpha value is -1.55. The van der Waals surface area contributed by atoms with Gasteiger partial charge in [0.2, 0.25) is 0 Å². The van der Waals surface area contributed by atoms with Gasteiger partial charge in [0, 0.05) is 18.5 Å². The Bertz CT molecular complexity index is 731. The molecule has 1 heterocycles. The molecule has 0 spiro atoms. The van der Waals surface area contributed by atoms with E-state index in [2.05, 4.69) is 58.7 Å². The van der Waals surface area contributed by atoms with Crippen LogP contribution in [0.25, 0.3) is 0 Å². The number of aryl methyl sites for hydroxylation is 1. The summed E-state index contributed by atoms with van der Waals surface area (Å²) in [5.41, 5.74) is 4.48. The SMILES string of the molecule is CNCCOc1ccc2c(c1)C(Cc1ccccc1)C(N1CCCC1)CC2.Cl. The highest BCUT2D eigenvalue weighted by molar-refractivity contribution is 5.85. The van der Waals surface area contributed by atoms with Crippen LogP contribution in [-0.4, -0.2) is 44.2 Å². The smallest absolute Gasteiger partial charge is 0.119 e. The number of nitrogens with zero attached hydrogens (tertiary/aromatic N) is 1. The quantitative estimate of drug-likeness (QED) is 0.695. The van der Waals surface area contributed by atoms with Crippen molar-refractivity contribution in [1.29, 1.82) is 0 Å². The zero-order valence-electron chi connectivity index (χ0n) is 16.9. The Morgan fingerprint density at radius 3 is 2.61 bits per heavy atom. The van der Waals surface area contributed by atoms with Gasteiger partial charge < -0.3 is 10.1 Å². The van der Waals surface area contributed by atoms with E-state index in [1.165, 1.54) is 55.5 Å². The molecule has 2 aromatic carbocycles. The van der Waals surface area contributed by atoms with Gasteiger partial charge in [0.15, 0.2) is 0 Å². The van der Waals surface area contributed by atoms with Crippen LogP contribution in [0.4, 0.5) is 0 Å². The molecule has 0 bridgehead atoms. The first-order chi connectivity index (χ1) is 13.3. The molecule has 1 fully saturated rings. The largest absolute Gasteiger partial charge is 0.492 e. The van der Waals surface area contributed by atoms with Crippen molar-refractivity contribution in [2.45, 2.75) is 44.1 Å². The highest BCUT2D eigenvalue weighted by Gasteiger charge is 2.34. The van der Waals surface area contributed by atoms with Gasteiger partial charge in [-0.1, -0.05) is 36.4 Å². The van der Waals surface area contributed by atoms with Crippen molar-refractivity contribution in [3.63, 3.8) is 0 Å². The lowest BCUT2D eigenvalue weighted by atomic mass is 9.75. The molecule has 2 aromatic rings. The van der Waals surface area contributed by atoms with Gasteiger partial charge in [-0.15, -0.1) is 12.4 Å². The molecule has 2 atom stereocenters. The Kier molecular flexibility index (Phi) is 7.78. The normalized spacial score (nSPS) is 21.8. The molecule has 0 radical (unpaired) electrons. The molecule has 0 amide bonds. The average molecular weight is 401 g/mol. The van der Waals surface area contributed by atoms with Crippen LogP contribution in [0.1, 0.15) is 41.9 Å². The zero-order chi connectivity index (χ0) is 18.5. The van der Waals surface area contributed by atoms with Crippen molar-refractivity contribution in [2.75, 3.05) is 33.3 Å². The molecule has 1 aliphatic carbocycles. The van der Waals surface area contributed by atoms with E-state index in [1.807, 2.05) is 7.05 Å². The second kappa shape index (κ2) is 10.3. The molecule has 1 aliphatic heterocycles. The van der Waals surface area contributed by atoms with Gasteiger partial charge in [-0.2, -0.15) is 0 Å². The Labute approximate surface area is 175 Å². The van der Waals surface area contributed by atoms with Gasteiger partial charge in [0.05, 0.1) is 0 Å². The molecule has 1 N–H and O–H groups in total. The molecule has 3 nitrogen and oxygen atoms in total. The number of rotatable bonds is 7. The predicted octanol–water partition coefficient (Wildman–Crippen LogP) is 4.44. The first kappa shape index (κ1) is 21.2. The van der Waals surface area contributed by atoms with Crippen LogP contribution in [-0.2, 0) is 12.8 Å². The van der Waals surface area contributed by atoms with Gasteiger partial charge in [-0.3, -0.25) is 4.90 Å². The van der Waals surface area contributed by atoms with Crippen molar-refractivity contribution >= 4 is 12.4 Å². The van der Waals surface area contributed by atoms with Crippen LogP contribution in [0.5, 0.6) is 5.75 Å². The standard InChI is InChI=1S/C24H32N2O.ClH/c1-25-13-16-27-21-11-9-20-10-12-24(26-14-5-6-15-26)23(22(20)18-21)17-19-7-3-2-4-8-19;/h2-4,7-9,11,18,23-25H,5-6,10,12-17H2,1H3;1H. The lowest BCUT2D eigenvalue weighted by molar-refractivity contribution is 0.188. The van der Waals surface area contributed by atoms with Crippen molar-refractivity contribution < 1.29 is 4.74 Å². The topological polar surface area (TPSA) is 24.5 Å². The third-order valence-corrected chi connectivity index (χ3v) is 6.22. The average Bonchev–Trinajstić information content (AvgIpc) is 3.24. The van der Waals surface area contributed by atoms with E-state index >= 15 is 0 Å². The van der Waals surface area contributed by atoms with E-state index in [4.69, 9.17) is 4.74 Å². The van der Waals surface area contributed by atoms with Crippen LogP contribution in [0, 0.1) is 0 Å². The fraction of sp³-hybridized carbons (Fsp3) is 0.500. The van der Waals surface area contributed by atoms with Crippen LogP contribution in [0.2, 0.25) is 0 Å². The van der Waals surface area contributed by atoms with Gasteiger partial charge in [0.1, 0.15) is 12.4 Å². The van der Waals surface area contributed by atoms with Crippen LogP contribution < -0.4 is 10.1 Å². The Balaban J connectivity index is 0.00000225. The van der Waals surface area contributed by atoms with E-state index in [0.29, 0.717) is 18.6 Å². The summed E-state index contributed by atoms with van der Waals surface area (Å²) in [7, 11) is 1.97. The van der Waals surface area contributed by atoms with Crippen molar-refractivity contribution in [3.05, 3.63) is 65.2 Å². The number of benzene rings is 2. The van der Waals surface area contributed by atoms with E-state index in [0.717, 1.165) is 18.7 Å². The molecular weight excluding hydrogens is 368 g/mol. The first-order valence-electron chi connectivity index (χ1n) is 10.5. The molecule has 4 heteroatoms. The Morgan fingerprint density at radius 2 is 1.86 bits per heavy atom. The van der Waals surface area contributed by atoms with E-state index < -0.39 is 0 Å². The van der Waals surface area contributed by atoms with Crippen molar-refractivity contribution in [2.24, 2.45) is 0 Å². The third kappa shape index (κ3) is 4.89. The number of fused-ring (bicyclic) bond motifs is 1. The summed E-state index contributed by atoms with van der Waals surface area (Å²) in [6.07, 6.45) is 6.31. The number of hydrogen-bond donors (Lipinski definition) is 1. The number of ether oxygens (including phenoxy) is 1. The maximum atomic E-state index is 6.00. The lowest BCUT2D eigenvalue weighted by Gasteiger charge is -2.39. The highest BCUT2D eigenvalue weighted by Crippen LogP contribution is 2.39. The van der Waals surface area contributed by atoms with Crippen molar-refractivity contribution in [1.82, 2.24) is 10.2 Å².